The molecule has 2 fully saturated rings. The van der Waals surface area contributed by atoms with Crippen LogP contribution in [0.4, 0.5) is 0 Å². The van der Waals surface area contributed by atoms with E-state index >= 15 is 0 Å². The molecule has 0 radical (unpaired) electrons. The fourth-order valence-electron chi connectivity index (χ4n) is 7.84. The number of rotatable bonds is 4. The van der Waals surface area contributed by atoms with Gasteiger partial charge in [0.2, 0.25) is 0 Å². The van der Waals surface area contributed by atoms with Crippen LogP contribution in [0.25, 0.3) is 43.6 Å². The van der Waals surface area contributed by atoms with Gasteiger partial charge in [0.05, 0.1) is 63.9 Å². The number of amides is 1. The summed E-state index contributed by atoms with van der Waals surface area (Å²) in [5, 5.41) is 2.87. The SMILES string of the molecule is COC(=O)c1ccc2c(C3CCCCC3)c3n(c2c1)C(C(=O)N1CCOCC1)C(=O)c1cc2nc(-c4sc(C)nc4C)ccc2cc1-3. The van der Waals surface area contributed by atoms with Crippen LogP contribution in [-0.2, 0) is 14.3 Å². The lowest BCUT2D eigenvalue weighted by atomic mass is 9.80. The van der Waals surface area contributed by atoms with E-state index in [9.17, 15) is 14.4 Å². The molecule has 1 atom stereocenters. The van der Waals surface area contributed by atoms with Gasteiger partial charge in [-0.25, -0.2) is 14.8 Å². The monoisotopic (exact) mass is 648 g/mol. The molecule has 8 rings (SSSR count). The summed E-state index contributed by atoms with van der Waals surface area (Å²) in [5.41, 5.74) is 6.91. The summed E-state index contributed by atoms with van der Waals surface area (Å²) in [6, 6.07) is 12.5. The van der Waals surface area contributed by atoms with Gasteiger partial charge in [-0.15, -0.1) is 11.3 Å². The summed E-state index contributed by atoms with van der Waals surface area (Å²) in [7, 11) is 1.36. The van der Waals surface area contributed by atoms with Crippen LogP contribution in [0.5, 0.6) is 0 Å². The Bertz CT molecular complexity index is 2100. The van der Waals surface area contributed by atoms with Crippen LogP contribution in [0.2, 0.25) is 0 Å². The van der Waals surface area contributed by atoms with Gasteiger partial charge in [-0.2, -0.15) is 0 Å². The maximum absolute atomic E-state index is 14.8. The summed E-state index contributed by atoms with van der Waals surface area (Å²) in [6.45, 7) is 5.67. The molecule has 5 aromatic rings. The zero-order chi connectivity index (χ0) is 32.4. The first kappa shape index (κ1) is 30.0. The van der Waals surface area contributed by atoms with Crippen LogP contribution >= 0.6 is 11.3 Å². The number of aryl methyl sites for hydroxylation is 2. The fourth-order valence-corrected chi connectivity index (χ4v) is 8.73. The molecule has 2 aliphatic heterocycles. The van der Waals surface area contributed by atoms with E-state index in [1.54, 1.807) is 28.4 Å². The lowest BCUT2D eigenvalue weighted by molar-refractivity contribution is -0.137. The lowest BCUT2D eigenvalue weighted by Crippen LogP contribution is -2.47. The minimum absolute atomic E-state index is 0.252. The molecule has 0 bridgehead atoms. The van der Waals surface area contributed by atoms with Gasteiger partial charge >= 0.3 is 5.97 Å². The summed E-state index contributed by atoms with van der Waals surface area (Å²) in [6.07, 6.45) is 5.51. The van der Waals surface area contributed by atoms with E-state index in [1.165, 1.54) is 13.5 Å². The zero-order valence-electron chi connectivity index (χ0n) is 26.8. The van der Waals surface area contributed by atoms with Gasteiger partial charge in [-0.1, -0.05) is 31.4 Å². The van der Waals surface area contributed by atoms with Gasteiger partial charge in [-0.3, -0.25) is 9.59 Å². The molecule has 1 saturated heterocycles. The van der Waals surface area contributed by atoms with Crippen LogP contribution < -0.4 is 0 Å². The Kier molecular flexibility index (Phi) is 7.45. The quantitative estimate of drug-likeness (QED) is 0.152. The highest BCUT2D eigenvalue weighted by atomic mass is 32.1. The van der Waals surface area contributed by atoms with Crippen molar-refractivity contribution in [2.45, 2.75) is 57.9 Å². The molecule has 3 aromatic heterocycles. The molecule has 0 N–H and O–H groups in total. The van der Waals surface area contributed by atoms with Crippen molar-refractivity contribution in [3.63, 3.8) is 0 Å². The maximum Gasteiger partial charge on any atom is 0.337 e. The number of benzene rings is 2. The average Bonchev–Trinajstić information content (AvgIpc) is 3.63. The second-order valence-electron chi connectivity index (χ2n) is 12.8. The largest absolute Gasteiger partial charge is 0.465 e. The van der Waals surface area contributed by atoms with Gasteiger partial charge in [0.15, 0.2) is 11.8 Å². The van der Waals surface area contributed by atoms with Crippen LogP contribution in [0.15, 0.2) is 42.5 Å². The number of carbonyl (C=O) groups excluding carboxylic acids is 3. The number of Topliss-reactive ketones (excluding diaryl/α,β-unsaturated/α-hetero) is 1. The van der Waals surface area contributed by atoms with Crippen molar-refractivity contribution in [2.24, 2.45) is 0 Å². The molecule has 47 heavy (non-hydrogen) atoms. The highest BCUT2D eigenvalue weighted by molar-refractivity contribution is 7.15. The maximum atomic E-state index is 14.8. The van der Waals surface area contributed by atoms with Gasteiger partial charge in [0.1, 0.15) is 0 Å². The van der Waals surface area contributed by atoms with Crippen LogP contribution in [-0.4, -0.2) is 70.5 Å². The normalized spacial score (nSPS) is 18.4. The number of carbonyl (C=O) groups is 3. The summed E-state index contributed by atoms with van der Waals surface area (Å²) >= 11 is 1.60. The summed E-state index contributed by atoms with van der Waals surface area (Å²) < 4.78 is 12.6. The number of esters is 1. The second kappa shape index (κ2) is 11.7. The van der Waals surface area contributed by atoms with Crippen LogP contribution in [0, 0.1) is 13.8 Å². The number of methoxy groups -OCH3 is 1. The Morgan fingerprint density at radius 1 is 0.957 bits per heavy atom. The molecule has 5 heterocycles. The molecule has 10 heteroatoms. The number of aromatic nitrogens is 3. The third kappa shape index (κ3) is 4.88. The van der Waals surface area contributed by atoms with Gasteiger partial charge < -0.3 is 18.9 Å². The minimum atomic E-state index is -1.12. The predicted molar refractivity (Wildman–Crippen MR) is 181 cm³/mol. The molecular formula is C37H36N4O5S. The highest BCUT2D eigenvalue weighted by Gasteiger charge is 2.43. The number of ketones is 1. The van der Waals surface area contributed by atoms with Gasteiger partial charge in [0.25, 0.3) is 5.91 Å². The molecular weight excluding hydrogens is 612 g/mol. The molecule has 9 nitrogen and oxygen atoms in total. The number of fused-ring (bicyclic) bond motifs is 6. The number of ether oxygens (including phenoxy) is 2. The van der Waals surface area contributed by atoms with Gasteiger partial charge in [-0.05, 0) is 68.5 Å². The molecule has 1 saturated carbocycles. The van der Waals surface area contributed by atoms with Crippen LogP contribution in [0.3, 0.4) is 0 Å². The van der Waals surface area contributed by atoms with E-state index in [4.69, 9.17) is 14.5 Å². The predicted octanol–water partition coefficient (Wildman–Crippen LogP) is 7.03. The smallest absolute Gasteiger partial charge is 0.337 e. The Balaban J connectivity index is 1.41. The van der Waals surface area contributed by atoms with E-state index < -0.39 is 12.0 Å². The first-order valence-corrected chi connectivity index (χ1v) is 17.2. The Morgan fingerprint density at radius 2 is 1.74 bits per heavy atom. The van der Waals surface area contributed by atoms with Crippen molar-refractivity contribution in [3.05, 3.63) is 69.9 Å². The number of hydrogen-bond acceptors (Lipinski definition) is 8. The molecule has 3 aliphatic rings. The zero-order valence-corrected chi connectivity index (χ0v) is 27.6. The van der Waals surface area contributed by atoms with Crippen molar-refractivity contribution in [3.8, 4) is 21.8 Å². The third-order valence-electron chi connectivity index (χ3n) is 10.0. The van der Waals surface area contributed by atoms with Crippen molar-refractivity contribution in [1.29, 1.82) is 0 Å². The minimum Gasteiger partial charge on any atom is -0.465 e. The highest BCUT2D eigenvalue weighted by Crippen LogP contribution is 2.50. The summed E-state index contributed by atoms with van der Waals surface area (Å²) in [4.78, 5) is 54.4. The van der Waals surface area contributed by atoms with Crippen molar-refractivity contribution >= 4 is 50.8 Å². The molecule has 2 aromatic carbocycles. The van der Waals surface area contributed by atoms with E-state index in [-0.39, 0.29) is 17.6 Å². The molecule has 1 amide bonds. The number of hydrogen-bond donors (Lipinski definition) is 0. The molecule has 1 unspecified atom stereocenters. The van der Waals surface area contributed by atoms with Crippen molar-refractivity contribution in [2.75, 3.05) is 33.4 Å². The molecule has 1 aliphatic carbocycles. The fraction of sp³-hybridized carbons (Fsp3) is 0.378. The number of nitrogens with zero attached hydrogens (tertiary/aromatic N) is 4. The van der Waals surface area contributed by atoms with Gasteiger partial charge in [0, 0.05) is 35.0 Å². The lowest BCUT2D eigenvalue weighted by Gasteiger charge is -2.34. The number of thiazole rings is 1. The Hall–Kier alpha value is -4.41. The number of pyridine rings is 1. The Morgan fingerprint density at radius 3 is 2.47 bits per heavy atom. The van der Waals surface area contributed by atoms with Crippen molar-refractivity contribution in [1.82, 2.24) is 19.4 Å². The van der Waals surface area contributed by atoms with Crippen LogP contribution in [0.1, 0.15) is 81.0 Å². The third-order valence-corrected chi connectivity index (χ3v) is 11.1. The summed E-state index contributed by atoms with van der Waals surface area (Å²) in [5.74, 6) is -0.711. The van der Waals surface area contributed by atoms with E-state index in [2.05, 4.69) is 17.1 Å². The number of morpholine rings is 1. The van der Waals surface area contributed by atoms with E-state index in [1.807, 2.05) is 36.6 Å². The van der Waals surface area contributed by atoms with Crippen molar-refractivity contribution < 1.29 is 23.9 Å². The molecule has 240 valence electrons. The van der Waals surface area contributed by atoms with E-state index in [0.717, 1.165) is 74.5 Å². The standard InChI is InChI=1S/C37H36N4O5S/c1-20-35(47-21(2)38-20)28-12-10-23-17-26-27(19-29(23)39-28)34(42)33(36(43)40-13-15-46-16-14-40)41-30-18-24(37(44)45-3)9-11-25(30)31(32(26)41)22-7-5-4-6-8-22/h9-12,17-19,22,33H,4-8,13-16H2,1-3H3. The first-order valence-electron chi connectivity index (χ1n) is 16.4. The average molecular weight is 649 g/mol. The van der Waals surface area contributed by atoms with E-state index in [0.29, 0.717) is 48.5 Å². The second-order valence-corrected chi connectivity index (χ2v) is 14.0. The molecule has 0 spiro atoms. The topological polar surface area (TPSA) is 104 Å². The Labute approximate surface area is 276 Å². The first-order chi connectivity index (χ1) is 22.8.